The van der Waals surface area contributed by atoms with Gasteiger partial charge in [0.15, 0.2) is 17.3 Å². The van der Waals surface area contributed by atoms with Crippen molar-refractivity contribution in [3.05, 3.63) is 89.1 Å². The fraction of sp³-hybridized carbons (Fsp3) is 0.250. The molecule has 0 unspecified atom stereocenters. The molecule has 3 aliphatic rings. The smallest absolute Gasteiger partial charge is 0.231 e. The van der Waals surface area contributed by atoms with E-state index in [0.717, 1.165) is 57.4 Å². The maximum absolute atomic E-state index is 13.8. The van der Waals surface area contributed by atoms with E-state index in [1.165, 1.54) is 0 Å². The highest BCUT2D eigenvalue weighted by Crippen LogP contribution is 2.46. The Balaban J connectivity index is 1.44. The van der Waals surface area contributed by atoms with Crippen LogP contribution in [-0.4, -0.2) is 19.2 Å². The molecule has 6 rings (SSSR count). The highest BCUT2D eigenvalue weighted by Gasteiger charge is 2.37. The molecule has 172 valence electrons. The first-order chi connectivity index (χ1) is 16.7. The first-order valence-corrected chi connectivity index (χ1v) is 11.7. The fourth-order valence-electron chi connectivity index (χ4n) is 5.13. The summed E-state index contributed by atoms with van der Waals surface area (Å²) in [5, 5.41) is 7.23. The molecule has 3 aromatic carbocycles. The number of ketones is 1. The summed E-state index contributed by atoms with van der Waals surface area (Å²) >= 11 is 0. The molecule has 6 nitrogen and oxygen atoms in total. The number of benzene rings is 3. The summed E-state index contributed by atoms with van der Waals surface area (Å²) in [7, 11) is 0. The van der Waals surface area contributed by atoms with Crippen LogP contribution in [0.3, 0.4) is 0 Å². The van der Waals surface area contributed by atoms with Gasteiger partial charge in [-0.25, -0.2) is 0 Å². The Kier molecular flexibility index (Phi) is 5.13. The van der Waals surface area contributed by atoms with Gasteiger partial charge in [0.25, 0.3) is 0 Å². The number of hydrogen-bond acceptors (Lipinski definition) is 6. The number of hydrogen-bond donors (Lipinski definition) is 2. The lowest BCUT2D eigenvalue weighted by molar-refractivity contribution is -0.116. The molecule has 0 fully saturated rings. The van der Waals surface area contributed by atoms with Gasteiger partial charge >= 0.3 is 0 Å². The average molecular weight is 455 g/mol. The minimum absolute atomic E-state index is 0.0568. The lowest BCUT2D eigenvalue weighted by Gasteiger charge is -2.30. The number of carbonyl (C=O) groups is 1. The number of anilines is 2. The Hall–Kier alpha value is -3.93. The summed E-state index contributed by atoms with van der Waals surface area (Å²) in [6, 6.07) is 21.7. The molecule has 0 bridgehead atoms. The van der Waals surface area contributed by atoms with E-state index in [4.69, 9.17) is 14.2 Å². The van der Waals surface area contributed by atoms with Gasteiger partial charge in [-0.15, -0.1) is 0 Å². The van der Waals surface area contributed by atoms with E-state index in [0.29, 0.717) is 13.0 Å². The predicted octanol–water partition coefficient (Wildman–Crippen LogP) is 5.79. The van der Waals surface area contributed by atoms with Crippen LogP contribution in [-0.2, 0) is 4.79 Å². The summed E-state index contributed by atoms with van der Waals surface area (Å²) in [6.07, 6.45) is 1.16. The first kappa shape index (κ1) is 20.7. The Bertz CT molecular complexity index is 1300. The third-order valence-corrected chi connectivity index (χ3v) is 6.71. The largest absolute Gasteiger partial charge is 0.494 e. The monoisotopic (exact) mass is 454 g/mol. The van der Waals surface area contributed by atoms with Crippen molar-refractivity contribution in [1.82, 2.24) is 0 Å². The van der Waals surface area contributed by atoms with Crippen molar-refractivity contribution in [2.45, 2.75) is 31.7 Å². The quantitative estimate of drug-likeness (QED) is 0.520. The Morgan fingerprint density at radius 3 is 2.62 bits per heavy atom. The van der Waals surface area contributed by atoms with Crippen molar-refractivity contribution in [1.29, 1.82) is 0 Å². The minimum atomic E-state index is -0.306. The highest BCUT2D eigenvalue weighted by atomic mass is 16.7. The number of allylic oxidation sites excluding steroid dienone is 1. The molecule has 3 aromatic rings. The van der Waals surface area contributed by atoms with Crippen LogP contribution in [0, 0.1) is 0 Å². The number of fused-ring (bicyclic) bond motifs is 2. The van der Waals surface area contributed by atoms with Crippen molar-refractivity contribution in [3.8, 4) is 17.2 Å². The SMILES string of the molecule is CCOc1ccccc1[C@@H]1Nc2ccccc2NC2=C1C(=O)C[C@@H](c1ccc3c(c1)OCO3)C2. The number of nitrogens with one attached hydrogen (secondary N) is 2. The average Bonchev–Trinajstić information content (AvgIpc) is 3.25. The topological polar surface area (TPSA) is 68.8 Å². The maximum Gasteiger partial charge on any atom is 0.231 e. The molecule has 34 heavy (non-hydrogen) atoms. The molecule has 2 heterocycles. The van der Waals surface area contributed by atoms with E-state index in [-0.39, 0.29) is 24.5 Å². The van der Waals surface area contributed by atoms with Gasteiger partial charge in [-0.1, -0.05) is 36.4 Å². The summed E-state index contributed by atoms with van der Waals surface area (Å²) < 4.78 is 17.0. The van der Waals surface area contributed by atoms with Gasteiger partial charge < -0.3 is 24.8 Å². The van der Waals surface area contributed by atoms with Gasteiger partial charge in [0.2, 0.25) is 6.79 Å². The van der Waals surface area contributed by atoms with Crippen LogP contribution >= 0.6 is 0 Å². The molecule has 2 aliphatic heterocycles. The van der Waals surface area contributed by atoms with Crippen LogP contribution in [0.1, 0.15) is 42.9 Å². The Morgan fingerprint density at radius 1 is 0.941 bits per heavy atom. The van der Waals surface area contributed by atoms with Gasteiger partial charge in [0, 0.05) is 23.3 Å². The second kappa shape index (κ2) is 8.45. The number of Topliss-reactive ketones (excluding diaryl/α,β-unsaturated/α-hetero) is 1. The van der Waals surface area contributed by atoms with Crippen molar-refractivity contribution in [3.63, 3.8) is 0 Å². The van der Waals surface area contributed by atoms with Crippen molar-refractivity contribution < 1.29 is 19.0 Å². The fourth-order valence-corrected chi connectivity index (χ4v) is 5.13. The molecular formula is C28H26N2O4. The summed E-state index contributed by atoms with van der Waals surface area (Å²) in [6.45, 7) is 2.77. The van der Waals surface area contributed by atoms with Crippen LogP contribution in [0.15, 0.2) is 78.0 Å². The van der Waals surface area contributed by atoms with E-state index < -0.39 is 0 Å². The van der Waals surface area contributed by atoms with Crippen LogP contribution in [0.4, 0.5) is 11.4 Å². The van der Waals surface area contributed by atoms with Crippen molar-refractivity contribution in [2.24, 2.45) is 0 Å². The molecule has 1 aliphatic carbocycles. The molecule has 0 radical (unpaired) electrons. The molecule has 0 amide bonds. The Labute approximate surface area is 198 Å². The number of para-hydroxylation sites is 3. The summed E-state index contributed by atoms with van der Waals surface area (Å²) in [4.78, 5) is 13.8. The van der Waals surface area contributed by atoms with E-state index in [1.807, 2.05) is 73.7 Å². The third-order valence-electron chi connectivity index (χ3n) is 6.71. The first-order valence-electron chi connectivity index (χ1n) is 11.7. The Morgan fingerprint density at radius 2 is 1.74 bits per heavy atom. The number of rotatable bonds is 4. The predicted molar refractivity (Wildman–Crippen MR) is 131 cm³/mol. The number of ether oxygens (including phenoxy) is 3. The summed E-state index contributed by atoms with van der Waals surface area (Å²) in [5.74, 6) is 2.48. The van der Waals surface area contributed by atoms with Gasteiger partial charge in [-0.05, 0) is 55.2 Å². The van der Waals surface area contributed by atoms with E-state index in [2.05, 4.69) is 10.6 Å². The standard InChI is InChI=1S/C28H26N2O4/c1-2-32-24-10-6-3-7-19(24)28-27-22(29-20-8-4-5-9-21(20)30-28)13-18(14-23(27)31)17-11-12-25-26(15-17)34-16-33-25/h3-12,15,18,28-30H,2,13-14,16H2,1H3/t18-,28-/m0/s1. The van der Waals surface area contributed by atoms with Crippen LogP contribution in [0.2, 0.25) is 0 Å². The molecule has 0 saturated heterocycles. The zero-order valence-electron chi connectivity index (χ0n) is 19.0. The van der Waals surface area contributed by atoms with Gasteiger partial charge in [-0.2, -0.15) is 0 Å². The molecular weight excluding hydrogens is 428 g/mol. The molecule has 2 atom stereocenters. The minimum Gasteiger partial charge on any atom is -0.494 e. The van der Waals surface area contributed by atoms with Gasteiger partial charge in [0.05, 0.1) is 24.0 Å². The third kappa shape index (κ3) is 3.55. The lowest BCUT2D eigenvalue weighted by atomic mass is 9.78. The lowest BCUT2D eigenvalue weighted by Crippen LogP contribution is -2.27. The second-order valence-corrected chi connectivity index (χ2v) is 8.75. The van der Waals surface area contributed by atoms with E-state index in [1.54, 1.807) is 0 Å². The summed E-state index contributed by atoms with van der Waals surface area (Å²) in [5.41, 5.74) is 5.70. The normalized spacial score (nSPS) is 20.6. The van der Waals surface area contributed by atoms with E-state index >= 15 is 0 Å². The second-order valence-electron chi connectivity index (χ2n) is 8.75. The zero-order valence-corrected chi connectivity index (χ0v) is 19.0. The molecule has 2 N–H and O–H groups in total. The molecule has 0 spiro atoms. The van der Waals surface area contributed by atoms with Crippen LogP contribution in [0.5, 0.6) is 17.2 Å². The van der Waals surface area contributed by atoms with Crippen LogP contribution < -0.4 is 24.8 Å². The zero-order chi connectivity index (χ0) is 23.1. The molecule has 0 saturated carbocycles. The van der Waals surface area contributed by atoms with Crippen molar-refractivity contribution in [2.75, 3.05) is 24.0 Å². The maximum atomic E-state index is 13.8. The molecule has 0 aromatic heterocycles. The van der Waals surface area contributed by atoms with Gasteiger partial charge in [0.1, 0.15) is 5.75 Å². The highest BCUT2D eigenvalue weighted by molar-refractivity contribution is 6.01. The van der Waals surface area contributed by atoms with E-state index in [9.17, 15) is 4.79 Å². The van der Waals surface area contributed by atoms with Crippen molar-refractivity contribution >= 4 is 17.2 Å². The van der Waals surface area contributed by atoms with Crippen LogP contribution in [0.25, 0.3) is 0 Å². The molecule has 6 heteroatoms. The number of carbonyl (C=O) groups excluding carboxylic acids is 1. The van der Waals surface area contributed by atoms with Gasteiger partial charge in [-0.3, -0.25) is 4.79 Å².